The Kier molecular flexibility index (Phi) is 5.13. The molecular weight excluding hydrogens is 382 g/mol. The normalized spacial score (nSPS) is 15.1. The van der Waals surface area contributed by atoms with E-state index in [0.29, 0.717) is 29.6 Å². The van der Waals surface area contributed by atoms with Crippen molar-refractivity contribution >= 4 is 28.8 Å². The Morgan fingerprint density at radius 3 is 2.67 bits per heavy atom. The van der Waals surface area contributed by atoms with Gasteiger partial charge in [-0.25, -0.2) is 0 Å². The van der Waals surface area contributed by atoms with Crippen LogP contribution in [0.15, 0.2) is 24.3 Å². The number of likely N-dealkylation sites (tertiary alicyclic amines) is 1. The Balaban J connectivity index is 1.44. The fourth-order valence-corrected chi connectivity index (χ4v) is 4.90. The van der Waals surface area contributed by atoms with Gasteiger partial charge in [-0.3, -0.25) is 4.79 Å². The number of hydrogen-bond donors (Lipinski definition) is 0. The van der Waals surface area contributed by atoms with Gasteiger partial charge in [-0.05, 0) is 43.4 Å². The molecule has 1 aliphatic rings. The van der Waals surface area contributed by atoms with Gasteiger partial charge in [0, 0.05) is 19.0 Å². The number of para-hydroxylation sites is 1. The first-order valence-electron chi connectivity index (χ1n) is 8.72. The van der Waals surface area contributed by atoms with Gasteiger partial charge in [0.1, 0.15) is 15.6 Å². The summed E-state index contributed by atoms with van der Waals surface area (Å²) in [6.45, 7) is 3.25. The Bertz CT molecular complexity index is 947. The van der Waals surface area contributed by atoms with Gasteiger partial charge >= 0.3 is 0 Å². The lowest BCUT2D eigenvalue weighted by Crippen LogP contribution is -2.37. The van der Waals surface area contributed by atoms with Crippen molar-refractivity contribution in [2.24, 2.45) is 0 Å². The summed E-state index contributed by atoms with van der Waals surface area (Å²) in [5.41, 5.74) is 1.67. The van der Waals surface area contributed by atoms with E-state index in [-0.39, 0.29) is 5.91 Å². The number of amides is 1. The summed E-state index contributed by atoms with van der Waals surface area (Å²) in [6.07, 6.45) is 1.77. The molecule has 1 saturated heterocycles. The van der Waals surface area contributed by atoms with Crippen LogP contribution in [0.4, 0.5) is 0 Å². The summed E-state index contributed by atoms with van der Waals surface area (Å²) >= 11 is 2.78. The molecule has 0 saturated carbocycles. The number of carbonyl (C=O) groups is 1. The molecule has 4 rings (SSSR count). The van der Waals surface area contributed by atoms with Gasteiger partial charge in [-0.2, -0.15) is 0 Å². The molecule has 3 heterocycles. The average Bonchev–Trinajstić information content (AvgIpc) is 3.37. The van der Waals surface area contributed by atoms with E-state index in [1.54, 1.807) is 18.4 Å². The van der Waals surface area contributed by atoms with Crippen LogP contribution in [0.2, 0.25) is 0 Å². The highest BCUT2D eigenvalue weighted by molar-refractivity contribution is 7.14. The number of methoxy groups -OCH3 is 1. The van der Waals surface area contributed by atoms with E-state index in [1.165, 1.54) is 11.5 Å². The maximum Gasteiger partial charge on any atom is 0.267 e. The highest BCUT2D eigenvalue weighted by Gasteiger charge is 2.28. The third kappa shape index (κ3) is 3.57. The summed E-state index contributed by atoms with van der Waals surface area (Å²) < 4.78 is 9.29. The maximum absolute atomic E-state index is 12.6. The van der Waals surface area contributed by atoms with E-state index in [0.717, 1.165) is 34.2 Å². The van der Waals surface area contributed by atoms with Crippen molar-refractivity contribution in [3.8, 4) is 16.3 Å². The topological polar surface area (TPSA) is 81.1 Å². The lowest BCUT2D eigenvalue weighted by atomic mass is 9.97. The van der Waals surface area contributed by atoms with Crippen molar-refractivity contribution in [2.45, 2.75) is 25.7 Å². The molecule has 0 N–H and O–H groups in total. The van der Waals surface area contributed by atoms with Crippen molar-refractivity contribution in [3.05, 3.63) is 39.8 Å². The Hall–Kier alpha value is -2.39. The van der Waals surface area contributed by atoms with Crippen molar-refractivity contribution in [2.75, 3.05) is 20.2 Å². The van der Waals surface area contributed by atoms with Crippen molar-refractivity contribution in [1.82, 2.24) is 24.7 Å². The first kappa shape index (κ1) is 18.0. The predicted octanol–water partition coefficient (Wildman–Crippen LogP) is 3.39. The molecule has 0 bridgehead atoms. The highest BCUT2D eigenvalue weighted by atomic mass is 32.1. The van der Waals surface area contributed by atoms with Crippen LogP contribution in [-0.2, 0) is 0 Å². The molecule has 0 atom stereocenters. The zero-order valence-corrected chi connectivity index (χ0v) is 16.7. The zero-order valence-electron chi connectivity index (χ0n) is 15.1. The van der Waals surface area contributed by atoms with Crippen LogP contribution in [0.5, 0.6) is 5.75 Å². The molecule has 27 heavy (non-hydrogen) atoms. The lowest BCUT2D eigenvalue weighted by Gasteiger charge is -2.30. The van der Waals surface area contributed by atoms with Crippen LogP contribution in [0.1, 0.15) is 39.1 Å². The van der Waals surface area contributed by atoms with E-state index in [4.69, 9.17) is 4.74 Å². The van der Waals surface area contributed by atoms with Gasteiger partial charge in [0.15, 0.2) is 5.01 Å². The van der Waals surface area contributed by atoms with Gasteiger partial charge in [0.05, 0.1) is 18.4 Å². The summed E-state index contributed by atoms with van der Waals surface area (Å²) in [5.74, 6) is 1.16. The van der Waals surface area contributed by atoms with Crippen molar-refractivity contribution in [1.29, 1.82) is 0 Å². The molecule has 2 aromatic heterocycles. The highest BCUT2D eigenvalue weighted by Crippen LogP contribution is 2.36. The van der Waals surface area contributed by atoms with E-state index in [9.17, 15) is 4.79 Å². The van der Waals surface area contributed by atoms with Gasteiger partial charge in [0.25, 0.3) is 5.91 Å². The first-order chi connectivity index (χ1) is 13.2. The number of ether oxygens (including phenoxy) is 1. The Morgan fingerprint density at radius 1 is 1.19 bits per heavy atom. The fraction of sp³-hybridized carbons (Fsp3) is 0.389. The molecule has 3 aromatic rings. The van der Waals surface area contributed by atoms with Gasteiger partial charge in [0.2, 0.25) is 0 Å². The minimum absolute atomic E-state index is 0.0351. The third-order valence-electron chi connectivity index (χ3n) is 4.76. The minimum Gasteiger partial charge on any atom is -0.496 e. The van der Waals surface area contributed by atoms with Crippen LogP contribution < -0.4 is 4.74 Å². The zero-order chi connectivity index (χ0) is 18.8. The number of hydrogen-bond acceptors (Lipinski definition) is 8. The molecule has 0 aliphatic carbocycles. The smallest absolute Gasteiger partial charge is 0.267 e. The molecule has 0 radical (unpaired) electrons. The number of aromatic nitrogens is 4. The molecule has 7 nitrogen and oxygen atoms in total. The molecule has 1 aliphatic heterocycles. The first-order valence-corrected chi connectivity index (χ1v) is 10.3. The van der Waals surface area contributed by atoms with Crippen LogP contribution in [0.3, 0.4) is 0 Å². The molecule has 9 heteroatoms. The largest absolute Gasteiger partial charge is 0.496 e. The van der Waals surface area contributed by atoms with Crippen LogP contribution in [-0.4, -0.2) is 50.8 Å². The molecular formula is C18H19N5O2S2. The number of piperidine rings is 1. The van der Waals surface area contributed by atoms with E-state index in [2.05, 4.69) is 19.8 Å². The number of rotatable bonds is 4. The second-order valence-corrected chi connectivity index (χ2v) is 8.16. The summed E-state index contributed by atoms with van der Waals surface area (Å²) in [4.78, 5) is 15.1. The van der Waals surface area contributed by atoms with Crippen molar-refractivity contribution < 1.29 is 9.53 Å². The lowest BCUT2D eigenvalue weighted by molar-refractivity contribution is 0.0717. The Morgan fingerprint density at radius 2 is 1.96 bits per heavy atom. The predicted molar refractivity (Wildman–Crippen MR) is 104 cm³/mol. The molecule has 1 aromatic carbocycles. The monoisotopic (exact) mass is 401 g/mol. The number of carbonyl (C=O) groups excluding carboxylic acids is 1. The van der Waals surface area contributed by atoms with Gasteiger partial charge in [-0.15, -0.1) is 15.3 Å². The molecule has 0 unspecified atom stereocenters. The molecule has 1 amide bonds. The van der Waals surface area contributed by atoms with E-state index in [1.807, 2.05) is 36.1 Å². The van der Waals surface area contributed by atoms with Gasteiger partial charge in [-0.1, -0.05) is 28.0 Å². The maximum atomic E-state index is 12.6. The SMILES string of the molecule is COc1ccccc1-c1nnc(C2CCN(C(=O)c3snnc3C)CC2)s1. The van der Waals surface area contributed by atoms with E-state index < -0.39 is 0 Å². The van der Waals surface area contributed by atoms with Crippen molar-refractivity contribution in [3.63, 3.8) is 0 Å². The second kappa shape index (κ2) is 7.69. The van der Waals surface area contributed by atoms with Crippen LogP contribution >= 0.6 is 22.9 Å². The summed E-state index contributed by atoms with van der Waals surface area (Å²) in [5, 5.41) is 14.6. The molecule has 1 fully saturated rings. The third-order valence-corrected chi connectivity index (χ3v) is 6.69. The summed E-state index contributed by atoms with van der Waals surface area (Å²) in [7, 11) is 1.66. The minimum atomic E-state index is 0.0351. The average molecular weight is 402 g/mol. The van der Waals surface area contributed by atoms with E-state index >= 15 is 0 Å². The van der Waals surface area contributed by atoms with Crippen LogP contribution in [0.25, 0.3) is 10.6 Å². The summed E-state index contributed by atoms with van der Waals surface area (Å²) in [6, 6.07) is 7.84. The number of aryl methyl sites for hydroxylation is 1. The van der Waals surface area contributed by atoms with Gasteiger partial charge < -0.3 is 9.64 Å². The number of nitrogens with zero attached hydrogens (tertiary/aromatic N) is 5. The number of benzene rings is 1. The molecule has 140 valence electrons. The van der Waals surface area contributed by atoms with Crippen LogP contribution in [0, 0.1) is 6.92 Å². The Labute approximate surface area is 165 Å². The standard InChI is InChI=1S/C18H19N5O2S2/c1-11-15(27-22-19-11)18(24)23-9-7-12(8-10-23)16-20-21-17(26-16)13-5-3-4-6-14(13)25-2/h3-6,12H,7-10H2,1-2H3. The quantitative estimate of drug-likeness (QED) is 0.667. The second-order valence-electron chi connectivity index (χ2n) is 6.40. The fourth-order valence-electron chi connectivity index (χ4n) is 3.23. The molecule has 0 spiro atoms.